The van der Waals surface area contributed by atoms with Crippen molar-refractivity contribution in [3.8, 4) is 5.75 Å². The molecular formula is C20H27BrN2O3. The maximum atomic E-state index is 12.8. The van der Waals surface area contributed by atoms with Crippen molar-refractivity contribution in [3.63, 3.8) is 0 Å². The Labute approximate surface area is 163 Å². The number of nitrogens with two attached hydrogens (primary N) is 1. The Hall–Kier alpha value is -1.11. The number of rotatable bonds is 0. The first-order valence-electron chi connectivity index (χ1n) is 9.70. The van der Waals surface area contributed by atoms with Crippen molar-refractivity contribution in [3.05, 3.63) is 28.2 Å². The van der Waals surface area contributed by atoms with Crippen LogP contribution < -0.4 is 10.5 Å². The second-order valence-corrected chi connectivity index (χ2v) is 8.65. The predicted molar refractivity (Wildman–Crippen MR) is 103 cm³/mol. The van der Waals surface area contributed by atoms with E-state index in [2.05, 4.69) is 22.0 Å². The third-order valence-corrected chi connectivity index (χ3v) is 6.58. The number of amides is 1. The standard InChI is InChI=1S/C20H27BrN2O3/c21-14-5-8-19-16(10-14)13-3-6-15(7-4-13)25-11-18-17(22)2-1-9-23(18)20(24)12-26-19/h5,8,10,13,15,17-18H,1-4,6-7,9,11-12,22H2/t13-,15+,17-,18-/m0/s1. The lowest BCUT2D eigenvalue weighted by Gasteiger charge is -2.40. The number of carbonyl (C=O) groups is 1. The summed E-state index contributed by atoms with van der Waals surface area (Å²) < 4.78 is 13.3. The van der Waals surface area contributed by atoms with Gasteiger partial charge < -0.3 is 20.1 Å². The second-order valence-electron chi connectivity index (χ2n) is 7.74. The summed E-state index contributed by atoms with van der Waals surface area (Å²) >= 11 is 3.58. The maximum absolute atomic E-state index is 12.8. The molecule has 2 N–H and O–H groups in total. The van der Waals surface area contributed by atoms with Gasteiger partial charge in [0, 0.05) is 17.1 Å². The van der Waals surface area contributed by atoms with Crippen LogP contribution in [0.1, 0.15) is 50.0 Å². The average Bonchev–Trinajstić information content (AvgIpc) is 2.67. The van der Waals surface area contributed by atoms with Gasteiger partial charge in [0.1, 0.15) is 5.75 Å². The minimum atomic E-state index is -0.0392. The molecule has 1 aromatic carbocycles. The van der Waals surface area contributed by atoms with Crippen LogP contribution in [0.5, 0.6) is 5.75 Å². The van der Waals surface area contributed by atoms with Crippen molar-refractivity contribution in [2.24, 2.45) is 5.73 Å². The van der Waals surface area contributed by atoms with Gasteiger partial charge in [0.15, 0.2) is 6.61 Å². The summed E-state index contributed by atoms with van der Waals surface area (Å²) in [5.41, 5.74) is 7.54. The topological polar surface area (TPSA) is 64.8 Å². The molecule has 1 amide bonds. The van der Waals surface area contributed by atoms with E-state index in [4.69, 9.17) is 15.2 Å². The molecule has 26 heavy (non-hydrogen) atoms. The summed E-state index contributed by atoms with van der Waals surface area (Å²) in [5.74, 6) is 1.31. The molecule has 5 rings (SSSR count). The van der Waals surface area contributed by atoms with Gasteiger partial charge in [-0.25, -0.2) is 0 Å². The highest BCUT2D eigenvalue weighted by molar-refractivity contribution is 9.10. The van der Waals surface area contributed by atoms with Gasteiger partial charge in [-0.1, -0.05) is 15.9 Å². The first kappa shape index (κ1) is 18.3. The fourth-order valence-corrected chi connectivity index (χ4v) is 4.96. The van der Waals surface area contributed by atoms with Crippen LogP contribution in [-0.2, 0) is 9.53 Å². The summed E-state index contributed by atoms with van der Waals surface area (Å²) in [6.45, 7) is 1.35. The van der Waals surface area contributed by atoms with Crippen LogP contribution in [0.2, 0.25) is 0 Å². The van der Waals surface area contributed by atoms with Crippen LogP contribution in [0.25, 0.3) is 0 Å². The van der Waals surface area contributed by atoms with Crippen LogP contribution in [-0.4, -0.2) is 48.8 Å². The van der Waals surface area contributed by atoms with Crippen LogP contribution >= 0.6 is 15.9 Å². The smallest absolute Gasteiger partial charge is 0.260 e. The largest absolute Gasteiger partial charge is 0.483 e. The minimum absolute atomic E-state index is 0.00853. The SMILES string of the molecule is N[C@H]1CCCN2C(=O)COc3ccc(Br)cc3[C@H]3CC[C@H](CC3)OC[C@@H]12. The molecule has 1 aromatic rings. The number of piperidine rings is 1. The van der Waals surface area contributed by atoms with Crippen molar-refractivity contribution in [2.45, 2.75) is 62.6 Å². The molecule has 0 spiro atoms. The zero-order valence-electron chi connectivity index (χ0n) is 15.0. The molecule has 2 bridgehead atoms. The molecule has 1 aliphatic carbocycles. The predicted octanol–water partition coefficient (Wildman–Crippen LogP) is 3.20. The number of ether oxygens (including phenoxy) is 2. The normalized spacial score (nSPS) is 32.5. The van der Waals surface area contributed by atoms with Gasteiger partial charge in [-0.2, -0.15) is 0 Å². The Kier molecular flexibility index (Phi) is 5.53. The number of fused-ring (bicyclic) bond motifs is 5. The molecule has 4 aliphatic rings. The number of carbonyl (C=O) groups excluding carboxylic acids is 1. The summed E-state index contributed by atoms with van der Waals surface area (Å²) in [5, 5.41) is 0. The van der Waals surface area contributed by atoms with Crippen molar-refractivity contribution in [1.29, 1.82) is 0 Å². The first-order chi connectivity index (χ1) is 12.6. The van der Waals surface area contributed by atoms with Gasteiger partial charge in [-0.15, -0.1) is 0 Å². The highest BCUT2D eigenvalue weighted by Gasteiger charge is 2.35. The van der Waals surface area contributed by atoms with E-state index in [1.165, 1.54) is 5.56 Å². The molecular weight excluding hydrogens is 396 g/mol. The van der Waals surface area contributed by atoms with Gasteiger partial charge in [0.2, 0.25) is 0 Å². The lowest BCUT2D eigenvalue weighted by molar-refractivity contribution is -0.140. The van der Waals surface area contributed by atoms with Crippen molar-refractivity contribution in [2.75, 3.05) is 19.8 Å². The zero-order chi connectivity index (χ0) is 18.1. The Morgan fingerprint density at radius 1 is 1.15 bits per heavy atom. The van der Waals surface area contributed by atoms with Gasteiger partial charge >= 0.3 is 0 Å². The molecule has 2 fully saturated rings. The highest BCUT2D eigenvalue weighted by atomic mass is 79.9. The van der Waals surface area contributed by atoms with Gasteiger partial charge in [-0.3, -0.25) is 4.79 Å². The Morgan fingerprint density at radius 3 is 2.77 bits per heavy atom. The first-order valence-corrected chi connectivity index (χ1v) is 10.5. The van der Waals surface area contributed by atoms with Crippen molar-refractivity contribution < 1.29 is 14.3 Å². The van der Waals surface area contributed by atoms with E-state index in [0.717, 1.165) is 55.3 Å². The fourth-order valence-electron chi connectivity index (χ4n) is 4.58. The zero-order valence-corrected chi connectivity index (χ0v) is 16.6. The Bertz CT molecular complexity index is 660. The maximum Gasteiger partial charge on any atom is 0.260 e. The van der Waals surface area contributed by atoms with Crippen molar-refractivity contribution in [1.82, 2.24) is 4.90 Å². The minimum Gasteiger partial charge on any atom is -0.483 e. The summed E-state index contributed by atoms with van der Waals surface area (Å²) in [6, 6.07) is 6.05. The molecule has 0 aromatic heterocycles. The molecule has 1 saturated carbocycles. The Morgan fingerprint density at radius 2 is 1.96 bits per heavy atom. The molecule has 3 aliphatic heterocycles. The van der Waals surface area contributed by atoms with Gasteiger partial charge in [0.25, 0.3) is 5.91 Å². The van der Waals surface area contributed by atoms with E-state index in [1.807, 2.05) is 17.0 Å². The number of halogens is 1. The lowest BCUT2D eigenvalue weighted by atomic mass is 9.82. The van der Waals surface area contributed by atoms with Crippen LogP contribution in [0, 0.1) is 0 Å². The van der Waals surface area contributed by atoms with E-state index in [1.54, 1.807) is 0 Å². The number of benzene rings is 1. The molecule has 5 nitrogen and oxygen atoms in total. The van der Waals surface area contributed by atoms with Crippen LogP contribution in [0.4, 0.5) is 0 Å². The molecule has 0 unspecified atom stereocenters. The highest BCUT2D eigenvalue weighted by Crippen LogP contribution is 2.40. The monoisotopic (exact) mass is 422 g/mol. The summed E-state index contributed by atoms with van der Waals surface area (Å²) in [7, 11) is 0. The fraction of sp³-hybridized carbons (Fsp3) is 0.650. The van der Waals surface area contributed by atoms with Gasteiger partial charge in [0.05, 0.1) is 18.8 Å². The van der Waals surface area contributed by atoms with E-state index in [0.29, 0.717) is 12.5 Å². The summed E-state index contributed by atoms with van der Waals surface area (Å²) in [6.07, 6.45) is 6.44. The molecule has 1 saturated heterocycles. The van der Waals surface area contributed by atoms with E-state index in [-0.39, 0.29) is 30.7 Å². The molecule has 2 atom stereocenters. The van der Waals surface area contributed by atoms with Gasteiger partial charge in [-0.05, 0) is 68.2 Å². The van der Waals surface area contributed by atoms with Crippen molar-refractivity contribution >= 4 is 21.8 Å². The molecule has 6 heteroatoms. The second kappa shape index (κ2) is 7.87. The third kappa shape index (κ3) is 3.78. The number of hydrogen-bond acceptors (Lipinski definition) is 4. The summed E-state index contributed by atoms with van der Waals surface area (Å²) in [4.78, 5) is 14.7. The molecule has 0 radical (unpaired) electrons. The average molecular weight is 423 g/mol. The third-order valence-electron chi connectivity index (χ3n) is 6.09. The lowest BCUT2D eigenvalue weighted by Crippen LogP contribution is -2.57. The Balaban J connectivity index is 1.63. The quantitative estimate of drug-likeness (QED) is 0.696. The molecule has 3 heterocycles. The van der Waals surface area contributed by atoms with E-state index in [9.17, 15) is 4.79 Å². The van der Waals surface area contributed by atoms with E-state index < -0.39 is 0 Å². The van der Waals surface area contributed by atoms with Crippen LogP contribution in [0.3, 0.4) is 0 Å². The molecule has 142 valence electrons. The number of nitrogens with zero attached hydrogens (tertiary/aromatic N) is 1. The van der Waals surface area contributed by atoms with E-state index >= 15 is 0 Å². The number of hydrogen-bond donors (Lipinski definition) is 1. The van der Waals surface area contributed by atoms with Crippen LogP contribution in [0.15, 0.2) is 22.7 Å².